The minimum absolute atomic E-state index is 0.0852. The number of hydrogen-bond acceptors (Lipinski definition) is 5. The normalized spacial score (nSPS) is 11.0. The summed E-state index contributed by atoms with van der Waals surface area (Å²) in [5, 5.41) is 18.3. The molecule has 0 fully saturated rings. The largest absolute Gasteiger partial charge is 0.494 e. The van der Waals surface area contributed by atoms with Gasteiger partial charge in [0.25, 0.3) is 0 Å². The van der Waals surface area contributed by atoms with Crippen molar-refractivity contribution in [1.82, 2.24) is 4.31 Å². The molecule has 0 spiro atoms. The highest BCUT2D eigenvalue weighted by Crippen LogP contribution is 2.24. The monoisotopic (exact) mass is 431 g/mol. The molecule has 31 heavy (non-hydrogen) atoms. The zero-order valence-corrected chi connectivity index (χ0v) is 17.8. The van der Waals surface area contributed by atoms with Gasteiger partial charge < -0.3 is 4.74 Å². The molecule has 156 valence electrons. The van der Waals surface area contributed by atoms with Gasteiger partial charge in [-0.2, -0.15) is 14.8 Å². The average Bonchev–Trinajstić information content (AvgIpc) is 2.79. The maximum absolute atomic E-state index is 13.5. The zero-order valence-electron chi connectivity index (χ0n) is 17.0. The maximum Gasteiger partial charge on any atom is 0.243 e. The molecule has 0 N–H and O–H groups in total. The summed E-state index contributed by atoms with van der Waals surface area (Å²) in [4.78, 5) is 0.142. The van der Waals surface area contributed by atoms with Gasteiger partial charge >= 0.3 is 0 Å². The second-order valence-corrected chi connectivity index (χ2v) is 8.74. The molecule has 0 saturated heterocycles. The Balaban J connectivity index is 1.98. The predicted molar refractivity (Wildman–Crippen MR) is 116 cm³/mol. The van der Waals surface area contributed by atoms with E-state index in [0.717, 1.165) is 0 Å². The van der Waals surface area contributed by atoms with Gasteiger partial charge in [-0.3, -0.25) is 0 Å². The minimum atomic E-state index is -3.86. The second-order valence-electron chi connectivity index (χ2n) is 6.80. The lowest BCUT2D eigenvalue weighted by molar-refractivity contribution is 0.340. The van der Waals surface area contributed by atoms with Crippen molar-refractivity contribution in [2.75, 3.05) is 6.61 Å². The van der Waals surface area contributed by atoms with Crippen molar-refractivity contribution in [3.05, 3.63) is 95.1 Å². The molecule has 0 aliphatic rings. The number of nitrogens with zero attached hydrogens (tertiary/aromatic N) is 3. The molecule has 3 aromatic rings. The number of hydrogen-bond donors (Lipinski definition) is 0. The van der Waals surface area contributed by atoms with E-state index in [1.54, 1.807) is 60.7 Å². The van der Waals surface area contributed by atoms with Crippen LogP contribution in [0.4, 0.5) is 0 Å². The Morgan fingerprint density at radius 2 is 1.35 bits per heavy atom. The van der Waals surface area contributed by atoms with Gasteiger partial charge in [0.15, 0.2) is 0 Å². The van der Waals surface area contributed by atoms with Crippen LogP contribution in [0.3, 0.4) is 0 Å². The van der Waals surface area contributed by atoms with Crippen LogP contribution in [-0.2, 0) is 23.1 Å². The molecule has 3 rings (SSSR count). The van der Waals surface area contributed by atoms with Gasteiger partial charge in [0.05, 0.1) is 34.8 Å². The van der Waals surface area contributed by atoms with Crippen LogP contribution in [0.5, 0.6) is 5.75 Å². The van der Waals surface area contributed by atoms with E-state index in [0.29, 0.717) is 34.6 Å². The van der Waals surface area contributed by atoms with Crippen molar-refractivity contribution in [1.29, 1.82) is 10.5 Å². The standard InChI is InChI=1S/C24H21N3O3S/c1-2-30-23-9-11-24(12-10-23)31(28,29)27(17-21-7-3-5-19(13-21)15-25)18-22-8-4-6-20(14-22)16-26/h3-14H,2,17-18H2,1H3. The van der Waals surface area contributed by atoms with Crippen molar-refractivity contribution in [2.45, 2.75) is 24.9 Å². The fraction of sp³-hybridized carbons (Fsp3) is 0.167. The molecule has 0 saturated carbocycles. The third-order valence-corrected chi connectivity index (χ3v) is 6.41. The predicted octanol–water partition coefficient (Wildman–Crippen LogP) is 4.22. The van der Waals surface area contributed by atoms with Crippen molar-refractivity contribution in [3.63, 3.8) is 0 Å². The van der Waals surface area contributed by atoms with Crippen LogP contribution in [0.25, 0.3) is 0 Å². The van der Waals surface area contributed by atoms with E-state index in [-0.39, 0.29) is 18.0 Å². The Bertz CT molecular complexity index is 1180. The molecule has 0 aromatic heterocycles. The number of nitriles is 2. The fourth-order valence-electron chi connectivity index (χ4n) is 3.14. The average molecular weight is 432 g/mol. The van der Waals surface area contributed by atoms with Gasteiger partial charge in [0, 0.05) is 13.1 Å². The maximum atomic E-state index is 13.5. The first-order chi connectivity index (χ1) is 15.0. The Morgan fingerprint density at radius 3 is 1.81 bits per heavy atom. The van der Waals surface area contributed by atoms with Crippen molar-refractivity contribution in [3.8, 4) is 17.9 Å². The van der Waals surface area contributed by atoms with Crippen molar-refractivity contribution >= 4 is 10.0 Å². The quantitative estimate of drug-likeness (QED) is 0.532. The van der Waals surface area contributed by atoms with E-state index >= 15 is 0 Å². The first kappa shape index (κ1) is 22.0. The molecule has 0 amide bonds. The van der Waals surface area contributed by atoms with Crippen LogP contribution in [0.1, 0.15) is 29.2 Å². The summed E-state index contributed by atoms with van der Waals surface area (Å²) in [6.45, 7) is 2.52. The highest BCUT2D eigenvalue weighted by atomic mass is 32.2. The summed E-state index contributed by atoms with van der Waals surface area (Å²) in [6, 6.07) is 24.2. The number of rotatable bonds is 8. The molecule has 7 heteroatoms. The van der Waals surface area contributed by atoms with Crippen molar-refractivity contribution < 1.29 is 13.2 Å². The van der Waals surface area contributed by atoms with Crippen molar-refractivity contribution in [2.24, 2.45) is 0 Å². The van der Waals surface area contributed by atoms with Gasteiger partial charge in [-0.1, -0.05) is 24.3 Å². The smallest absolute Gasteiger partial charge is 0.243 e. The van der Waals surface area contributed by atoms with E-state index in [1.165, 1.54) is 16.4 Å². The first-order valence-electron chi connectivity index (χ1n) is 9.67. The van der Waals surface area contributed by atoms with Crippen LogP contribution >= 0.6 is 0 Å². The third-order valence-electron chi connectivity index (χ3n) is 4.60. The van der Waals surface area contributed by atoms with Gasteiger partial charge in [-0.05, 0) is 66.6 Å². The molecule has 0 unspecified atom stereocenters. The Morgan fingerprint density at radius 1 is 0.839 bits per heavy atom. The summed E-state index contributed by atoms with van der Waals surface area (Å²) in [7, 11) is -3.86. The van der Waals surface area contributed by atoms with Gasteiger partial charge in [-0.15, -0.1) is 0 Å². The number of sulfonamides is 1. The summed E-state index contributed by atoms with van der Waals surface area (Å²) in [6.07, 6.45) is 0. The summed E-state index contributed by atoms with van der Waals surface area (Å²) in [5.74, 6) is 0.594. The number of benzene rings is 3. The third kappa shape index (κ3) is 5.49. The Hall–Kier alpha value is -3.65. The first-order valence-corrected chi connectivity index (χ1v) is 11.1. The molecule has 6 nitrogen and oxygen atoms in total. The SMILES string of the molecule is CCOc1ccc(S(=O)(=O)N(Cc2cccc(C#N)c2)Cc2cccc(C#N)c2)cc1. The molecular formula is C24H21N3O3S. The van der Waals surface area contributed by atoms with E-state index in [9.17, 15) is 18.9 Å². The number of ether oxygens (including phenoxy) is 1. The van der Waals surface area contributed by atoms with Crippen LogP contribution < -0.4 is 4.74 Å². The summed E-state index contributed by atoms with van der Waals surface area (Å²) < 4.78 is 33.7. The van der Waals surface area contributed by atoms with Crippen LogP contribution in [-0.4, -0.2) is 19.3 Å². The molecule has 0 heterocycles. The molecule has 0 bridgehead atoms. The summed E-state index contributed by atoms with van der Waals surface area (Å²) in [5.41, 5.74) is 2.32. The lowest BCUT2D eigenvalue weighted by Crippen LogP contribution is -2.30. The minimum Gasteiger partial charge on any atom is -0.494 e. The van der Waals surface area contributed by atoms with E-state index < -0.39 is 10.0 Å². The van der Waals surface area contributed by atoms with Crippen LogP contribution in [0.15, 0.2) is 77.7 Å². The van der Waals surface area contributed by atoms with Gasteiger partial charge in [-0.25, -0.2) is 8.42 Å². The lowest BCUT2D eigenvalue weighted by Gasteiger charge is -2.23. The molecule has 0 aliphatic carbocycles. The molecule has 0 aliphatic heterocycles. The summed E-state index contributed by atoms with van der Waals surface area (Å²) >= 11 is 0. The fourth-order valence-corrected chi connectivity index (χ4v) is 4.55. The highest BCUT2D eigenvalue weighted by molar-refractivity contribution is 7.89. The lowest BCUT2D eigenvalue weighted by atomic mass is 10.1. The van der Waals surface area contributed by atoms with E-state index in [4.69, 9.17) is 4.74 Å². The van der Waals surface area contributed by atoms with Gasteiger partial charge in [0.2, 0.25) is 10.0 Å². The Labute approximate surface area is 182 Å². The topological polar surface area (TPSA) is 94.2 Å². The Kier molecular flexibility index (Phi) is 7.04. The molecule has 3 aromatic carbocycles. The molecule has 0 radical (unpaired) electrons. The molecule has 0 atom stereocenters. The van der Waals surface area contributed by atoms with Gasteiger partial charge in [0.1, 0.15) is 5.75 Å². The zero-order chi connectivity index (χ0) is 22.3. The second kappa shape index (κ2) is 9.90. The van der Waals surface area contributed by atoms with Crippen LogP contribution in [0, 0.1) is 22.7 Å². The van der Waals surface area contributed by atoms with Crippen LogP contribution in [0.2, 0.25) is 0 Å². The van der Waals surface area contributed by atoms with E-state index in [2.05, 4.69) is 12.1 Å². The molecular weight excluding hydrogens is 410 g/mol. The highest BCUT2D eigenvalue weighted by Gasteiger charge is 2.25. The van der Waals surface area contributed by atoms with E-state index in [1.807, 2.05) is 6.92 Å².